The monoisotopic (exact) mass is 273 g/mol. The summed E-state index contributed by atoms with van der Waals surface area (Å²) >= 11 is 0. The fourth-order valence-electron chi connectivity index (χ4n) is 4.13. The van der Waals surface area contributed by atoms with Gasteiger partial charge in [-0.25, -0.2) is 0 Å². The molecule has 2 saturated carbocycles. The van der Waals surface area contributed by atoms with E-state index in [1.807, 2.05) is 0 Å². The van der Waals surface area contributed by atoms with Crippen LogP contribution in [0.5, 0.6) is 0 Å². The second-order valence-electron chi connectivity index (χ2n) is 6.37. The van der Waals surface area contributed by atoms with E-state index in [1.54, 1.807) is 0 Å². The van der Waals surface area contributed by atoms with E-state index in [4.69, 9.17) is 4.74 Å². The molecule has 0 aliphatic heterocycles. The zero-order valence-electron chi connectivity index (χ0n) is 12.8. The van der Waals surface area contributed by atoms with E-state index in [0.29, 0.717) is 17.6 Å². The Labute approximate surface area is 122 Å². The van der Waals surface area contributed by atoms with Crippen molar-refractivity contribution in [1.29, 1.82) is 0 Å². The molecular weight excluding hydrogens is 246 g/mol. The minimum absolute atomic E-state index is 0.416. The van der Waals surface area contributed by atoms with E-state index in [2.05, 4.69) is 43.4 Å². The van der Waals surface area contributed by atoms with Crippen molar-refractivity contribution in [2.24, 2.45) is 5.41 Å². The van der Waals surface area contributed by atoms with Crippen LogP contribution in [0.25, 0.3) is 0 Å². The molecule has 1 aromatic rings. The first kappa shape index (κ1) is 13.9. The lowest BCUT2D eigenvalue weighted by Crippen LogP contribution is -2.60. The largest absolute Gasteiger partial charge is 0.382 e. The van der Waals surface area contributed by atoms with E-state index < -0.39 is 0 Å². The minimum Gasteiger partial charge on any atom is -0.382 e. The Hall–Kier alpha value is -1.02. The van der Waals surface area contributed by atoms with Crippen LogP contribution in [0.15, 0.2) is 24.3 Å². The molecule has 0 heterocycles. The van der Waals surface area contributed by atoms with Gasteiger partial charge in [0.15, 0.2) is 0 Å². The quantitative estimate of drug-likeness (QED) is 0.858. The van der Waals surface area contributed by atoms with Crippen molar-refractivity contribution in [3.05, 3.63) is 29.8 Å². The highest BCUT2D eigenvalue weighted by Gasteiger charge is 2.56. The number of benzene rings is 1. The summed E-state index contributed by atoms with van der Waals surface area (Å²) in [6.07, 6.45) is 8.18. The van der Waals surface area contributed by atoms with Gasteiger partial charge in [-0.15, -0.1) is 0 Å². The van der Waals surface area contributed by atoms with Crippen molar-refractivity contribution >= 4 is 5.69 Å². The molecule has 1 spiro atoms. The first-order chi connectivity index (χ1) is 9.78. The van der Waals surface area contributed by atoms with Gasteiger partial charge in [0.2, 0.25) is 0 Å². The van der Waals surface area contributed by atoms with Gasteiger partial charge < -0.3 is 10.1 Å². The Morgan fingerprint density at radius 2 is 1.85 bits per heavy atom. The number of nitrogens with one attached hydrogen (secondary N) is 1. The van der Waals surface area contributed by atoms with Crippen molar-refractivity contribution < 1.29 is 4.74 Å². The summed E-state index contributed by atoms with van der Waals surface area (Å²) in [7, 11) is 0. The smallest absolute Gasteiger partial charge is 0.0670 e. The van der Waals surface area contributed by atoms with Crippen LogP contribution < -0.4 is 5.32 Å². The third-order valence-corrected chi connectivity index (χ3v) is 5.39. The van der Waals surface area contributed by atoms with Gasteiger partial charge in [0, 0.05) is 23.8 Å². The maximum atomic E-state index is 5.98. The molecule has 20 heavy (non-hydrogen) atoms. The molecule has 2 unspecified atom stereocenters. The number of anilines is 1. The molecule has 3 rings (SSSR count). The van der Waals surface area contributed by atoms with Crippen LogP contribution in [-0.2, 0) is 11.2 Å². The molecular formula is C18H27NO. The van der Waals surface area contributed by atoms with Gasteiger partial charge >= 0.3 is 0 Å². The summed E-state index contributed by atoms with van der Waals surface area (Å²) in [5.74, 6) is 0. The Morgan fingerprint density at radius 1 is 1.15 bits per heavy atom. The van der Waals surface area contributed by atoms with Gasteiger partial charge in [-0.05, 0) is 50.3 Å². The summed E-state index contributed by atoms with van der Waals surface area (Å²) in [4.78, 5) is 0. The van der Waals surface area contributed by atoms with Crippen molar-refractivity contribution in [1.82, 2.24) is 0 Å². The SMILES string of the molecule is CCOC1CC(Nc2ccc(CC)cc2)C12CCCC2. The fourth-order valence-corrected chi connectivity index (χ4v) is 4.13. The predicted octanol–water partition coefficient (Wildman–Crippen LogP) is 4.40. The molecule has 2 atom stereocenters. The lowest BCUT2D eigenvalue weighted by Gasteiger charge is -2.54. The Kier molecular flexibility index (Phi) is 4.02. The van der Waals surface area contributed by atoms with Crippen molar-refractivity contribution in [2.45, 2.75) is 64.5 Å². The first-order valence-electron chi connectivity index (χ1n) is 8.25. The van der Waals surface area contributed by atoms with Crippen molar-refractivity contribution in [3.8, 4) is 0 Å². The number of hydrogen-bond acceptors (Lipinski definition) is 2. The van der Waals surface area contributed by atoms with Crippen molar-refractivity contribution in [2.75, 3.05) is 11.9 Å². The zero-order chi connectivity index (χ0) is 14.0. The Bertz CT molecular complexity index is 433. The molecule has 1 N–H and O–H groups in total. The second kappa shape index (κ2) is 5.77. The Morgan fingerprint density at radius 3 is 2.45 bits per heavy atom. The van der Waals surface area contributed by atoms with Crippen LogP contribution in [-0.4, -0.2) is 18.8 Å². The summed E-state index contributed by atoms with van der Waals surface area (Å²) in [5, 5.41) is 3.77. The second-order valence-corrected chi connectivity index (χ2v) is 6.37. The van der Waals surface area contributed by atoms with Gasteiger partial charge in [-0.3, -0.25) is 0 Å². The van der Waals surface area contributed by atoms with Crippen LogP contribution in [0.2, 0.25) is 0 Å². The average molecular weight is 273 g/mol. The van der Waals surface area contributed by atoms with Crippen LogP contribution in [0.1, 0.15) is 51.5 Å². The molecule has 1 aromatic carbocycles. The highest BCUT2D eigenvalue weighted by atomic mass is 16.5. The van der Waals surface area contributed by atoms with E-state index in [9.17, 15) is 0 Å². The first-order valence-corrected chi connectivity index (χ1v) is 8.25. The van der Waals surface area contributed by atoms with E-state index in [0.717, 1.165) is 13.0 Å². The molecule has 2 aliphatic rings. The number of ether oxygens (including phenoxy) is 1. The topological polar surface area (TPSA) is 21.3 Å². The van der Waals surface area contributed by atoms with Crippen LogP contribution >= 0.6 is 0 Å². The molecule has 0 amide bonds. The lowest BCUT2D eigenvalue weighted by atomic mass is 9.60. The molecule has 0 radical (unpaired) electrons. The highest BCUT2D eigenvalue weighted by molar-refractivity contribution is 5.47. The predicted molar refractivity (Wildman–Crippen MR) is 84.2 cm³/mol. The molecule has 2 heteroatoms. The maximum absolute atomic E-state index is 5.98. The highest BCUT2D eigenvalue weighted by Crippen LogP contribution is 2.55. The molecule has 0 aromatic heterocycles. The number of hydrogen-bond donors (Lipinski definition) is 1. The summed E-state index contributed by atoms with van der Waals surface area (Å²) in [6, 6.07) is 9.55. The summed E-state index contributed by atoms with van der Waals surface area (Å²) in [5.41, 5.74) is 3.10. The van der Waals surface area contributed by atoms with Gasteiger partial charge in [-0.1, -0.05) is 31.9 Å². The van der Waals surface area contributed by atoms with Gasteiger partial charge in [0.05, 0.1) is 6.10 Å². The van der Waals surface area contributed by atoms with Crippen LogP contribution in [0.3, 0.4) is 0 Å². The molecule has 2 fully saturated rings. The van der Waals surface area contributed by atoms with Gasteiger partial charge in [0.25, 0.3) is 0 Å². The number of aryl methyl sites for hydroxylation is 1. The van der Waals surface area contributed by atoms with E-state index in [-0.39, 0.29) is 0 Å². The molecule has 0 saturated heterocycles. The third kappa shape index (κ3) is 2.35. The molecule has 2 aliphatic carbocycles. The van der Waals surface area contributed by atoms with Crippen LogP contribution in [0.4, 0.5) is 5.69 Å². The zero-order valence-corrected chi connectivity index (χ0v) is 12.8. The van der Waals surface area contributed by atoms with Gasteiger partial charge in [0.1, 0.15) is 0 Å². The van der Waals surface area contributed by atoms with Gasteiger partial charge in [-0.2, -0.15) is 0 Å². The van der Waals surface area contributed by atoms with Crippen LogP contribution in [0, 0.1) is 5.41 Å². The van der Waals surface area contributed by atoms with E-state index in [1.165, 1.54) is 43.4 Å². The fraction of sp³-hybridized carbons (Fsp3) is 0.667. The summed E-state index contributed by atoms with van der Waals surface area (Å²) in [6.45, 7) is 5.17. The number of rotatable bonds is 5. The standard InChI is InChI=1S/C18H27NO/c1-3-14-7-9-15(10-8-14)19-16-13-17(20-4-2)18(16)11-5-6-12-18/h7-10,16-17,19H,3-6,11-13H2,1-2H3. The van der Waals surface area contributed by atoms with E-state index >= 15 is 0 Å². The minimum atomic E-state index is 0.416. The normalized spacial score (nSPS) is 27.5. The molecule has 0 bridgehead atoms. The molecule has 2 nitrogen and oxygen atoms in total. The molecule has 110 valence electrons. The average Bonchev–Trinajstić information content (AvgIpc) is 2.99. The lowest BCUT2D eigenvalue weighted by molar-refractivity contribution is -0.114. The maximum Gasteiger partial charge on any atom is 0.0670 e. The third-order valence-electron chi connectivity index (χ3n) is 5.39. The Balaban J connectivity index is 1.67. The van der Waals surface area contributed by atoms with Crippen molar-refractivity contribution in [3.63, 3.8) is 0 Å². The summed E-state index contributed by atoms with van der Waals surface area (Å²) < 4.78 is 5.98.